The zero-order chi connectivity index (χ0) is 17.9. The van der Waals surface area contributed by atoms with Gasteiger partial charge in [-0.25, -0.2) is 9.80 Å². The van der Waals surface area contributed by atoms with E-state index in [9.17, 15) is 19.2 Å². The Bertz CT molecular complexity index is 699. The van der Waals surface area contributed by atoms with E-state index in [-0.39, 0.29) is 13.0 Å². The molecular weight excluding hydrogens is 310 g/mol. The molecule has 5 amide bonds. The predicted molar refractivity (Wildman–Crippen MR) is 87.1 cm³/mol. The first-order chi connectivity index (χ1) is 11.5. The number of nitrogens with zero attached hydrogens (tertiary/aromatic N) is 2. The van der Waals surface area contributed by atoms with Crippen molar-refractivity contribution < 1.29 is 19.2 Å². The summed E-state index contributed by atoms with van der Waals surface area (Å²) in [5.74, 6) is -1.46. The monoisotopic (exact) mass is 331 g/mol. The standard InChI is InChI=1S/C14H13N3O4.C3H8/c1-2-8-4-3-5-9-11(8)13(20)17(12(9)19)16-7-6-10(18)15-14(16)21;1-3-2/h3-5H,2,6-7H2,1H3,(H,15,18,21);3H2,1-2H3. The fourth-order valence-electron chi connectivity index (χ4n) is 2.60. The average Bonchev–Trinajstić information content (AvgIpc) is 2.80. The Kier molecular flexibility index (Phi) is 5.33. The molecule has 1 aromatic rings. The van der Waals surface area contributed by atoms with Crippen LogP contribution in [0, 0.1) is 0 Å². The van der Waals surface area contributed by atoms with Gasteiger partial charge in [-0.15, -0.1) is 0 Å². The van der Waals surface area contributed by atoms with Gasteiger partial charge in [-0.2, -0.15) is 5.01 Å². The number of amides is 5. The van der Waals surface area contributed by atoms with Crippen LogP contribution in [0.5, 0.6) is 0 Å². The molecule has 1 fully saturated rings. The molecule has 0 saturated carbocycles. The van der Waals surface area contributed by atoms with Gasteiger partial charge in [0, 0.05) is 6.42 Å². The number of carbonyl (C=O) groups is 4. The highest BCUT2D eigenvalue weighted by Crippen LogP contribution is 2.28. The molecule has 24 heavy (non-hydrogen) atoms. The Morgan fingerprint density at radius 2 is 1.71 bits per heavy atom. The van der Waals surface area contributed by atoms with Crippen LogP contribution in [-0.4, -0.2) is 40.3 Å². The van der Waals surface area contributed by atoms with Crippen LogP contribution in [-0.2, 0) is 11.2 Å². The number of nitrogens with one attached hydrogen (secondary N) is 1. The number of carbonyl (C=O) groups excluding carboxylic acids is 4. The SMILES string of the molecule is CCC.CCc1cccc2c1C(=O)N(N1CCC(=O)NC1=O)C2=O. The number of aryl methyl sites for hydroxylation is 1. The molecule has 0 atom stereocenters. The van der Waals surface area contributed by atoms with Crippen LogP contribution in [0.25, 0.3) is 0 Å². The largest absolute Gasteiger partial charge is 0.343 e. The predicted octanol–water partition coefficient (Wildman–Crippen LogP) is 2.12. The number of hydrazine groups is 1. The second-order valence-electron chi connectivity index (χ2n) is 5.55. The minimum absolute atomic E-state index is 0.0115. The highest BCUT2D eigenvalue weighted by Gasteiger charge is 2.43. The fourth-order valence-corrected chi connectivity index (χ4v) is 2.60. The molecule has 0 bridgehead atoms. The van der Waals surface area contributed by atoms with Crippen molar-refractivity contribution in [2.24, 2.45) is 0 Å². The highest BCUT2D eigenvalue weighted by molar-refractivity contribution is 6.22. The maximum Gasteiger partial charge on any atom is 0.343 e. The van der Waals surface area contributed by atoms with Gasteiger partial charge in [0.15, 0.2) is 0 Å². The van der Waals surface area contributed by atoms with Crippen LogP contribution in [0.3, 0.4) is 0 Å². The number of hydrogen-bond acceptors (Lipinski definition) is 4. The van der Waals surface area contributed by atoms with Crippen molar-refractivity contribution in [3.63, 3.8) is 0 Å². The number of hydrogen-bond donors (Lipinski definition) is 1. The lowest BCUT2D eigenvalue weighted by molar-refractivity contribution is -0.122. The summed E-state index contributed by atoms with van der Waals surface area (Å²) in [6.07, 6.45) is 1.92. The van der Waals surface area contributed by atoms with Crippen molar-refractivity contribution in [1.29, 1.82) is 0 Å². The van der Waals surface area contributed by atoms with Crippen molar-refractivity contribution in [3.05, 3.63) is 34.9 Å². The van der Waals surface area contributed by atoms with Crippen LogP contribution >= 0.6 is 0 Å². The lowest BCUT2D eigenvalue weighted by atomic mass is 10.0. The van der Waals surface area contributed by atoms with Gasteiger partial charge in [-0.1, -0.05) is 39.3 Å². The lowest BCUT2D eigenvalue weighted by Gasteiger charge is -2.32. The number of imide groups is 2. The van der Waals surface area contributed by atoms with Crippen LogP contribution < -0.4 is 5.32 Å². The Balaban J connectivity index is 0.000000647. The second-order valence-corrected chi connectivity index (χ2v) is 5.55. The molecule has 0 spiro atoms. The molecule has 7 heteroatoms. The van der Waals surface area contributed by atoms with E-state index in [0.717, 1.165) is 15.6 Å². The Hall–Kier alpha value is -2.70. The fraction of sp³-hybridized carbons (Fsp3) is 0.412. The summed E-state index contributed by atoms with van der Waals surface area (Å²) >= 11 is 0. The van der Waals surface area contributed by atoms with Gasteiger partial charge >= 0.3 is 6.03 Å². The number of rotatable bonds is 2. The van der Waals surface area contributed by atoms with E-state index in [1.165, 1.54) is 6.42 Å². The van der Waals surface area contributed by atoms with Crippen molar-refractivity contribution >= 4 is 23.8 Å². The third-order valence-corrected chi connectivity index (χ3v) is 3.63. The molecule has 1 N–H and O–H groups in total. The first kappa shape index (κ1) is 17.7. The minimum Gasteiger partial charge on any atom is -0.276 e. The average molecular weight is 331 g/mol. The highest BCUT2D eigenvalue weighted by atomic mass is 16.2. The van der Waals surface area contributed by atoms with E-state index in [1.807, 2.05) is 6.92 Å². The molecule has 2 heterocycles. The molecule has 2 aliphatic rings. The van der Waals surface area contributed by atoms with Crippen LogP contribution in [0.1, 0.15) is 59.9 Å². The summed E-state index contributed by atoms with van der Waals surface area (Å²) in [5, 5.41) is 3.92. The van der Waals surface area contributed by atoms with Gasteiger partial charge in [-0.3, -0.25) is 19.7 Å². The van der Waals surface area contributed by atoms with E-state index in [2.05, 4.69) is 19.2 Å². The normalized spacial score (nSPS) is 16.6. The first-order valence-electron chi connectivity index (χ1n) is 8.08. The molecule has 0 unspecified atom stereocenters. The molecule has 0 radical (unpaired) electrons. The molecule has 1 saturated heterocycles. The summed E-state index contributed by atoms with van der Waals surface area (Å²) in [6.45, 7) is 6.15. The van der Waals surface area contributed by atoms with Crippen molar-refractivity contribution in [1.82, 2.24) is 15.3 Å². The molecule has 0 aromatic heterocycles. The van der Waals surface area contributed by atoms with E-state index in [1.54, 1.807) is 18.2 Å². The number of fused-ring (bicyclic) bond motifs is 1. The molecule has 0 aliphatic carbocycles. The number of urea groups is 1. The van der Waals surface area contributed by atoms with Gasteiger partial charge in [-0.05, 0) is 18.1 Å². The van der Waals surface area contributed by atoms with E-state index in [4.69, 9.17) is 0 Å². The van der Waals surface area contributed by atoms with Gasteiger partial charge in [0.1, 0.15) is 0 Å². The molecule has 128 valence electrons. The second kappa shape index (κ2) is 7.25. The number of benzene rings is 1. The molecule has 7 nitrogen and oxygen atoms in total. The Morgan fingerprint density at radius 1 is 1.04 bits per heavy atom. The minimum atomic E-state index is -0.751. The molecular formula is C17H21N3O4. The van der Waals surface area contributed by atoms with E-state index >= 15 is 0 Å². The van der Waals surface area contributed by atoms with E-state index in [0.29, 0.717) is 17.5 Å². The van der Waals surface area contributed by atoms with Gasteiger partial charge < -0.3 is 0 Å². The van der Waals surface area contributed by atoms with Gasteiger partial charge in [0.25, 0.3) is 11.8 Å². The van der Waals surface area contributed by atoms with Crippen LogP contribution in [0.2, 0.25) is 0 Å². The smallest absolute Gasteiger partial charge is 0.276 e. The third kappa shape index (κ3) is 3.02. The summed E-state index contributed by atoms with van der Waals surface area (Å²) in [6, 6.07) is 4.32. The quantitative estimate of drug-likeness (QED) is 0.841. The lowest BCUT2D eigenvalue weighted by Crippen LogP contribution is -2.58. The van der Waals surface area contributed by atoms with Crippen LogP contribution in [0.15, 0.2) is 18.2 Å². The van der Waals surface area contributed by atoms with Crippen molar-refractivity contribution in [2.45, 2.75) is 40.0 Å². The summed E-state index contributed by atoms with van der Waals surface area (Å²) in [4.78, 5) is 47.9. The van der Waals surface area contributed by atoms with Crippen LogP contribution in [0.4, 0.5) is 4.79 Å². The van der Waals surface area contributed by atoms with Gasteiger partial charge in [0.05, 0.1) is 17.7 Å². The zero-order valence-corrected chi connectivity index (χ0v) is 14.1. The van der Waals surface area contributed by atoms with Gasteiger partial charge in [0.2, 0.25) is 5.91 Å². The Morgan fingerprint density at radius 3 is 2.29 bits per heavy atom. The maximum atomic E-state index is 12.5. The molecule has 3 rings (SSSR count). The van der Waals surface area contributed by atoms with Crippen molar-refractivity contribution in [3.8, 4) is 0 Å². The first-order valence-corrected chi connectivity index (χ1v) is 8.08. The molecule has 2 aliphatic heterocycles. The summed E-state index contributed by atoms with van der Waals surface area (Å²) < 4.78 is 0. The Labute approximate surface area is 140 Å². The third-order valence-electron chi connectivity index (χ3n) is 3.63. The summed E-state index contributed by atoms with van der Waals surface area (Å²) in [7, 11) is 0. The van der Waals surface area contributed by atoms with Crippen molar-refractivity contribution in [2.75, 3.05) is 6.54 Å². The zero-order valence-electron chi connectivity index (χ0n) is 14.1. The topological polar surface area (TPSA) is 86.8 Å². The van der Waals surface area contributed by atoms with E-state index < -0.39 is 23.8 Å². The molecule has 1 aromatic carbocycles. The summed E-state index contributed by atoms with van der Waals surface area (Å²) in [5.41, 5.74) is 1.40. The maximum absolute atomic E-state index is 12.5.